The van der Waals surface area contributed by atoms with Crippen molar-refractivity contribution in [1.82, 2.24) is 9.88 Å². The van der Waals surface area contributed by atoms with Crippen molar-refractivity contribution in [3.63, 3.8) is 0 Å². The minimum atomic E-state index is -0.706. The lowest BCUT2D eigenvalue weighted by Gasteiger charge is -2.26. The van der Waals surface area contributed by atoms with E-state index in [1.165, 1.54) is 17.0 Å². The zero-order valence-corrected chi connectivity index (χ0v) is 13.7. The third-order valence-electron chi connectivity index (χ3n) is 4.19. The van der Waals surface area contributed by atoms with Gasteiger partial charge in [-0.15, -0.1) is 0 Å². The molecule has 0 fully saturated rings. The number of pyridine rings is 1. The summed E-state index contributed by atoms with van der Waals surface area (Å²) in [5.41, 5.74) is 1.38. The number of amides is 1. The van der Waals surface area contributed by atoms with Gasteiger partial charge in [-0.1, -0.05) is 25.1 Å². The second kappa shape index (κ2) is 6.76. The van der Waals surface area contributed by atoms with Crippen molar-refractivity contribution in [2.24, 2.45) is 0 Å². The predicted octanol–water partition coefficient (Wildman–Crippen LogP) is 2.66. The molecule has 0 radical (unpaired) electrons. The minimum Gasteiger partial charge on any atom is -0.508 e. The van der Waals surface area contributed by atoms with Crippen LogP contribution in [0.5, 0.6) is 5.75 Å². The Kier molecular flexibility index (Phi) is 4.52. The highest BCUT2D eigenvalue weighted by molar-refractivity contribution is 6.08. The van der Waals surface area contributed by atoms with Crippen molar-refractivity contribution in [3.8, 4) is 5.75 Å². The van der Waals surface area contributed by atoms with Crippen molar-refractivity contribution in [3.05, 3.63) is 71.3 Å². The first-order chi connectivity index (χ1) is 12.0. The fourth-order valence-corrected chi connectivity index (χ4v) is 2.96. The number of benzene rings is 1. The molecule has 1 aromatic carbocycles. The highest BCUT2D eigenvalue weighted by Gasteiger charge is 2.42. The number of carbonyl (C=O) groups excluding carboxylic acids is 2. The number of hydrogen-bond donors (Lipinski definition) is 2. The van der Waals surface area contributed by atoms with E-state index >= 15 is 0 Å². The Balaban J connectivity index is 2.05. The van der Waals surface area contributed by atoms with E-state index in [-0.39, 0.29) is 30.1 Å². The molecule has 6 heteroatoms. The minimum absolute atomic E-state index is 0.0842. The number of nitrogens with zero attached hydrogens (tertiary/aromatic N) is 2. The Morgan fingerprint density at radius 3 is 2.48 bits per heavy atom. The Morgan fingerprint density at radius 2 is 1.88 bits per heavy atom. The van der Waals surface area contributed by atoms with Gasteiger partial charge >= 0.3 is 0 Å². The van der Waals surface area contributed by atoms with Crippen LogP contribution in [0, 0.1) is 0 Å². The van der Waals surface area contributed by atoms with E-state index in [1.54, 1.807) is 37.4 Å². The number of aromatic hydroxyl groups is 1. The standard InChI is InChI=1S/C19H18N2O4/c1-2-15(23)16-17(12-6-8-14(22)9-7-12)21(19(25)18(16)24)11-13-5-3-4-10-20-13/h3-10,17,22,24H,2,11H2,1H3. The molecule has 2 heterocycles. The lowest BCUT2D eigenvalue weighted by Crippen LogP contribution is -2.31. The number of ketones is 1. The van der Waals surface area contributed by atoms with E-state index < -0.39 is 17.7 Å². The summed E-state index contributed by atoms with van der Waals surface area (Å²) >= 11 is 0. The molecule has 1 aliphatic rings. The van der Waals surface area contributed by atoms with Crippen molar-refractivity contribution in [1.29, 1.82) is 0 Å². The maximum atomic E-state index is 12.6. The number of carbonyl (C=O) groups is 2. The molecule has 128 valence electrons. The maximum Gasteiger partial charge on any atom is 0.290 e. The van der Waals surface area contributed by atoms with Crippen molar-refractivity contribution < 1.29 is 19.8 Å². The van der Waals surface area contributed by atoms with Crippen LogP contribution in [0.4, 0.5) is 0 Å². The Bertz CT molecular complexity index is 828. The van der Waals surface area contributed by atoms with Crippen molar-refractivity contribution >= 4 is 11.7 Å². The first kappa shape index (κ1) is 16.7. The third kappa shape index (κ3) is 3.10. The summed E-state index contributed by atoms with van der Waals surface area (Å²) in [7, 11) is 0. The Hall–Kier alpha value is -3.15. The van der Waals surface area contributed by atoms with E-state index in [1.807, 2.05) is 6.07 Å². The second-order valence-electron chi connectivity index (χ2n) is 5.79. The molecule has 0 aliphatic carbocycles. The summed E-state index contributed by atoms with van der Waals surface area (Å²) in [6, 6.07) is 10.9. The van der Waals surface area contributed by atoms with Gasteiger partial charge in [0.15, 0.2) is 11.5 Å². The predicted molar refractivity (Wildman–Crippen MR) is 90.6 cm³/mol. The third-order valence-corrected chi connectivity index (χ3v) is 4.19. The van der Waals surface area contributed by atoms with Crippen LogP contribution in [0.2, 0.25) is 0 Å². The number of aliphatic hydroxyl groups is 1. The summed E-state index contributed by atoms with van der Waals surface area (Å²) in [6.45, 7) is 1.85. The highest BCUT2D eigenvalue weighted by atomic mass is 16.3. The van der Waals surface area contributed by atoms with Gasteiger partial charge in [0, 0.05) is 12.6 Å². The van der Waals surface area contributed by atoms with Gasteiger partial charge in [-0.25, -0.2) is 0 Å². The lowest BCUT2D eigenvalue weighted by molar-refractivity contribution is -0.130. The number of phenols is 1. The van der Waals surface area contributed by atoms with Crippen LogP contribution in [0.15, 0.2) is 60.0 Å². The number of aromatic nitrogens is 1. The zero-order valence-electron chi connectivity index (χ0n) is 13.7. The molecule has 0 saturated heterocycles. The number of hydrogen-bond acceptors (Lipinski definition) is 5. The van der Waals surface area contributed by atoms with Gasteiger partial charge < -0.3 is 15.1 Å². The fraction of sp³-hybridized carbons (Fsp3) is 0.211. The second-order valence-corrected chi connectivity index (χ2v) is 5.79. The zero-order chi connectivity index (χ0) is 18.0. The van der Waals surface area contributed by atoms with Crippen LogP contribution < -0.4 is 0 Å². The SMILES string of the molecule is CCC(=O)C1=C(O)C(=O)N(Cc2ccccn2)C1c1ccc(O)cc1. The summed E-state index contributed by atoms with van der Waals surface area (Å²) in [6.07, 6.45) is 1.80. The topological polar surface area (TPSA) is 90.7 Å². The van der Waals surface area contributed by atoms with Crippen LogP contribution in [-0.2, 0) is 16.1 Å². The average Bonchev–Trinajstić information content (AvgIpc) is 2.87. The normalized spacial score (nSPS) is 17.2. The van der Waals surface area contributed by atoms with Crippen LogP contribution in [0.25, 0.3) is 0 Å². The molecule has 2 aromatic rings. The molecule has 1 atom stereocenters. The summed E-state index contributed by atoms with van der Waals surface area (Å²) in [4.78, 5) is 30.6. The van der Waals surface area contributed by atoms with Gasteiger partial charge in [0.05, 0.1) is 23.9 Å². The van der Waals surface area contributed by atoms with Crippen molar-refractivity contribution in [2.45, 2.75) is 25.9 Å². The molecule has 1 aliphatic heterocycles. The van der Waals surface area contributed by atoms with E-state index in [4.69, 9.17) is 0 Å². The van der Waals surface area contributed by atoms with E-state index in [2.05, 4.69) is 4.98 Å². The molecule has 0 saturated carbocycles. The molecular weight excluding hydrogens is 320 g/mol. The smallest absolute Gasteiger partial charge is 0.290 e. The molecule has 1 amide bonds. The fourth-order valence-electron chi connectivity index (χ4n) is 2.96. The maximum absolute atomic E-state index is 12.6. The van der Waals surface area contributed by atoms with Crippen LogP contribution in [-0.4, -0.2) is 31.8 Å². The van der Waals surface area contributed by atoms with E-state index in [0.29, 0.717) is 11.3 Å². The lowest BCUT2D eigenvalue weighted by atomic mass is 9.95. The molecule has 3 rings (SSSR count). The molecule has 1 aromatic heterocycles. The quantitative estimate of drug-likeness (QED) is 0.874. The van der Waals surface area contributed by atoms with Crippen LogP contribution >= 0.6 is 0 Å². The van der Waals surface area contributed by atoms with E-state index in [0.717, 1.165) is 0 Å². The largest absolute Gasteiger partial charge is 0.508 e. The van der Waals surface area contributed by atoms with Gasteiger partial charge in [-0.05, 0) is 29.8 Å². The number of rotatable bonds is 5. The highest BCUT2D eigenvalue weighted by Crippen LogP contribution is 2.39. The number of aliphatic hydroxyl groups excluding tert-OH is 1. The van der Waals surface area contributed by atoms with Gasteiger partial charge in [-0.3, -0.25) is 14.6 Å². The molecule has 25 heavy (non-hydrogen) atoms. The van der Waals surface area contributed by atoms with Crippen molar-refractivity contribution in [2.75, 3.05) is 0 Å². The van der Waals surface area contributed by atoms with Gasteiger partial charge in [0.25, 0.3) is 5.91 Å². The summed E-state index contributed by atoms with van der Waals surface area (Å²) in [5, 5.41) is 19.8. The Morgan fingerprint density at radius 1 is 1.16 bits per heavy atom. The summed E-state index contributed by atoms with van der Waals surface area (Å²) < 4.78 is 0. The molecule has 2 N–H and O–H groups in total. The molecule has 0 bridgehead atoms. The first-order valence-electron chi connectivity index (χ1n) is 7.99. The van der Waals surface area contributed by atoms with Gasteiger partial charge in [0.2, 0.25) is 0 Å². The van der Waals surface area contributed by atoms with Gasteiger partial charge in [0.1, 0.15) is 5.75 Å². The number of Topliss-reactive ketones (excluding diaryl/α,β-unsaturated/α-hetero) is 1. The van der Waals surface area contributed by atoms with Crippen LogP contribution in [0.3, 0.4) is 0 Å². The monoisotopic (exact) mass is 338 g/mol. The molecule has 1 unspecified atom stereocenters. The molecule has 0 spiro atoms. The average molecular weight is 338 g/mol. The molecular formula is C19H18N2O4. The van der Waals surface area contributed by atoms with Crippen LogP contribution in [0.1, 0.15) is 30.6 Å². The molecule has 6 nitrogen and oxygen atoms in total. The summed E-state index contributed by atoms with van der Waals surface area (Å²) in [5.74, 6) is -1.31. The van der Waals surface area contributed by atoms with E-state index in [9.17, 15) is 19.8 Å². The van der Waals surface area contributed by atoms with Gasteiger partial charge in [-0.2, -0.15) is 0 Å². The first-order valence-corrected chi connectivity index (χ1v) is 7.99. The number of phenolic OH excluding ortho intramolecular Hbond substituents is 1. The Labute approximate surface area is 145 Å².